The molecular weight excluding hydrogens is 376 g/mol. The van der Waals surface area contributed by atoms with Crippen LogP contribution in [0.3, 0.4) is 0 Å². The number of aromatic nitrogens is 2. The Morgan fingerprint density at radius 1 is 1.04 bits per heavy atom. The van der Waals surface area contributed by atoms with Crippen LogP contribution in [0.5, 0.6) is 17.2 Å². The number of benzene rings is 2. The summed E-state index contributed by atoms with van der Waals surface area (Å²) >= 11 is 1.53. The van der Waals surface area contributed by atoms with Crippen molar-refractivity contribution < 1.29 is 18.6 Å². The first kappa shape index (κ1) is 18.7. The molecule has 0 unspecified atom stereocenters. The van der Waals surface area contributed by atoms with E-state index in [-0.39, 0.29) is 6.79 Å². The molecule has 0 fully saturated rings. The molecule has 0 saturated carbocycles. The van der Waals surface area contributed by atoms with Gasteiger partial charge in [-0.25, -0.2) is 0 Å². The van der Waals surface area contributed by atoms with Crippen LogP contribution >= 0.6 is 11.8 Å². The summed E-state index contributed by atoms with van der Waals surface area (Å²) in [5.74, 6) is 4.15. The molecule has 0 N–H and O–H groups in total. The number of nitrogens with zero attached hydrogens (tertiary/aromatic N) is 2. The molecule has 0 bridgehead atoms. The van der Waals surface area contributed by atoms with Crippen molar-refractivity contribution in [1.82, 2.24) is 10.2 Å². The molecule has 0 amide bonds. The van der Waals surface area contributed by atoms with Crippen molar-refractivity contribution in [1.29, 1.82) is 0 Å². The Bertz CT molecular complexity index is 924. The van der Waals surface area contributed by atoms with Crippen LogP contribution in [0.15, 0.2) is 52.1 Å². The maximum atomic E-state index is 5.76. The van der Waals surface area contributed by atoms with Crippen molar-refractivity contribution in [3.63, 3.8) is 0 Å². The third-order valence-corrected chi connectivity index (χ3v) is 5.26. The third-order valence-electron chi connectivity index (χ3n) is 4.36. The van der Waals surface area contributed by atoms with Crippen LogP contribution in [0.1, 0.15) is 31.7 Å². The highest BCUT2D eigenvalue weighted by atomic mass is 32.2. The molecule has 0 atom stereocenters. The molecule has 0 radical (unpaired) electrons. The number of hydrogen-bond acceptors (Lipinski definition) is 7. The zero-order valence-corrected chi connectivity index (χ0v) is 16.7. The minimum absolute atomic E-state index is 0.267. The van der Waals surface area contributed by atoms with Crippen LogP contribution in [0.25, 0.3) is 11.5 Å². The topological polar surface area (TPSA) is 66.6 Å². The average molecular weight is 398 g/mol. The summed E-state index contributed by atoms with van der Waals surface area (Å²) in [4.78, 5) is 0. The molecule has 1 aromatic heterocycles. The number of hydrogen-bond donors (Lipinski definition) is 0. The molecule has 0 aliphatic carbocycles. The molecule has 1 aliphatic heterocycles. The summed E-state index contributed by atoms with van der Waals surface area (Å²) in [5.41, 5.74) is 2.23. The van der Waals surface area contributed by atoms with Gasteiger partial charge in [-0.1, -0.05) is 37.7 Å². The van der Waals surface area contributed by atoms with Gasteiger partial charge in [0.1, 0.15) is 5.75 Å². The molecule has 1 aliphatic rings. The van der Waals surface area contributed by atoms with Gasteiger partial charge in [-0.2, -0.15) is 0 Å². The second-order valence-corrected chi connectivity index (χ2v) is 7.76. The van der Waals surface area contributed by atoms with E-state index in [4.69, 9.17) is 18.6 Å². The summed E-state index contributed by atoms with van der Waals surface area (Å²) in [6.07, 6.45) is 0.861. The van der Waals surface area contributed by atoms with Crippen molar-refractivity contribution in [2.45, 2.75) is 31.4 Å². The number of rotatable bonds is 8. The lowest BCUT2D eigenvalue weighted by molar-refractivity contribution is 0.173. The Labute approximate surface area is 168 Å². The normalized spacial score (nSPS) is 12.5. The van der Waals surface area contributed by atoms with E-state index in [1.807, 2.05) is 30.3 Å². The Hall–Kier alpha value is -2.67. The highest BCUT2D eigenvalue weighted by Gasteiger charge is 2.14. The fourth-order valence-electron chi connectivity index (χ4n) is 2.77. The Kier molecular flexibility index (Phi) is 5.71. The minimum atomic E-state index is 0.267. The minimum Gasteiger partial charge on any atom is -0.493 e. The molecule has 6 nitrogen and oxygen atoms in total. The van der Waals surface area contributed by atoms with Crippen molar-refractivity contribution in [3.8, 4) is 28.7 Å². The maximum absolute atomic E-state index is 5.76. The lowest BCUT2D eigenvalue weighted by Gasteiger charge is -2.06. The van der Waals surface area contributed by atoms with Gasteiger partial charge in [0.05, 0.1) is 6.61 Å². The van der Waals surface area contributed by atoms with Gasteiger partial charge >= 0.3 is 0 Å². The van der Waals surface area contributed by atoms with Crippen LogP contribution < -0.4 is 14.2 Å². The first-order chi connectivity index (χ1) is 13.7. The Morgan fingerprint density at radius 2 is 1.86 bits per heavy atom. The van der Waals surface area contributed by atoms with Crippen molar-refractivity contribution in [2.75, 3.05) is 19.2 Å². The van der Waals surface area contributed by atoms with Gasteiger partial charge < -0.3 is 18.6 Å². The van der Waals surface area contributed by atoms with Gasteiger partial charge in [-0.05, 0) is 42.2 Å². The van der Waals surface area contributed by atoms with E-state index in [1.165, 1.54) is 17.3 Å². The average Bonchev–Trinajstić information content (AvgIpc) is 3.37. The molecular formula is C21H22N2O4S. The zero-order valence-electron chi connectivity index (χ0n) is 15.9. The molecule has 7 heteroatoms. The van der Waals surface area contributed by atoms with Crippen molar-refractivity contribution in [3.05, 3.63) is 48.0 Å². The smallest absolute Gasteiger partial charge is 0.276 e. The molecule has 146 valence electrons. The van der Waals surface area contributed by atoms with E-state index < -0.39 is 0 Å². The Balaban J connectivity index is 1.22. The van der Waals surface area contributed by atoms with E-state index in [9.17, 15) is 0 Å². The van der Waals surface area contributed by atoms with E-state index in [0.717, 1.165) is 35.0 Å². The largest absolute Gasteiger partial charge is 0.493 e. The summed E-state index contributed by atoms with van der Waals surface area (Å²) < 4.78 is 22.2. The molecule has 28 heavy (non-hydrogen) atoms. The van der Waals surface area contributed by atoms with E-state index in [1.54, 1.807) is 0 Å². The molecule has 0 saturated heterocycles. The van der Waals surface area contributed by atoms with E-state index >= 15 is 0 Å². The molecule has 3 aromatic rings. The quantitative estimate of drug-likeness (QED) is 0.384. The van der Waals surface area contributed by atoms with Crippen molar-refractivity contribution >= 4 is 11.8 Å². The molecule has 4 rings (SSSR count). The maximum Gasteiger partial charge on any atom is 0.276 e. The SMILES string of the molecule is CC(C)c1ccc(-c2nnc(SCCCOc3ccc4c(c3)OCO4)o2)cc1. The predicted molar refractivity (Wildman–Crippen MR) is 107 cm³/mol. The van der Waals surface area contributed by atoms with Crippen LogP contribution in [0.4, 0.5) is 0 Å². The van der Waals surface area contributed by atoms with Gasteiger partial charge in [0, 0.05) is 17.4 Å². The summed E-state index contributed by atoms with van der Waals surface area (Å²) in [6, 6.07) is 13.8. The molecule has 2 heterocycles. The van der Waals surface area contributed by atoms with Gasteiger partial charge in [0.2, 0.25) is 12.7 Å². The Morgan fingerprint density at radius 3 is 2.68 bits per heavy atom. The first-order valence-corrected chi connectivity index (χ1v) is 10.3. The summed E-state index contributed by atoms with van der Waals surface area (Å²) in [5, 5.41) is 8.84. The van der Waals surface area contributed by atoms with Gasteiger partial charge in [-0.15, -0.1) is 10.2 Å². The standard InChI is InChI=1S/C21H22N2O4S/c1-14(2)15-4-6-16(7-5-15)20-22-23-21(27-20)28-11-3-10-24-17-8-9-18-19(12-17)26-13-25-18/h4-9,12,14H,3,10-11,13H2,1-2H3. The fraction of sp³-hybridized carbons (Fsp3) is 0.333. The van der Waals surface area contributed by atoms with Gasteiger partial charge in [0.25, 0.3) is 5.22 Å². The van der Waals surface area contributed by atoms with Crippen LogP contribution in [-0.4, -0.2) is 29.4 Å². The summed E-state index contributed by atoms with van der Waals surface area (Å²) in [6.45, 7) is 5.22. The third kappa shape index (κ3) is 4.42. The highest BCUT2D eigenvalue weighted by Crippen LogP contribution is 2.35. The van der Waals surface area contributed by atoms with E-state index in [0.29, 0.717) is 23.6 Å². The van der Waals surface area contributed by atoms with Crippen LogP contribution in [0.2, 0.25) is 0 Å². The highest BCUT2D eigenvalue weighted by molar-refractivity contribution is 7.99. The van der Waals surface area contributed by atoms with E-state index in [2.05, 4.69) is 36.2 Å². The van der Waals surface area contributed by atoms with Gasteiger partial charge in [0.15, 0.2) is 11.5 Å². The van der Waals surface area contributed by atoms with Crippen LogP contribution in [-0.2, 0) is 0 Å². The second kappa shape index (κ2) is 8.56. The number of ether oxygens (including phenoxy) is 3. The monoisotopic (exact) mass is 398 g/mol. The molecule has 0 spiro atoms. The van der Waals surface area contributed by atoms with Crippen LogP contribution in [0, 0.1) is 0 Å². The van der Waals surface area contributed by atoms with Gasteiger partial charge in [-0.3, -0.25) is 0 Å². The number of fused-ring (bicyclic) bond motifs is 1. The second-order valence-electron chi connectivity index (χ2n) is 6.72. The zero-order chi connectivity index (χ0) is 19.3. The lowest BCUT2D eigenvalue weighted by atomic mass is 10.0. The fourth-order valence-corrected chi connectivity index (χ4v) is 3.44. The number of thioether (sulfide) groups is 1. The molecule has 2 aromatic carbocycles. The predicted octanol–water partition coefficient (Wildman–Crippen LogP) is 5.15. The summed E-state index contributed by atoms with van der Waals surface area (Å²) in [7, 11) is 0. The lowest BCUT2D eigenvalue weighted by Crippen LogP contribution is -1.98. The first-order valence-electron chi connectivity index (χ1n) is 9.28. The van der Waals surface area contributed by atoms with Crippen molar-refractivity contribution in [2.24, 2.45) is 0 Å².